The van der Waals surface area contributed by atoms with Gasteiger partial charge < -0.3 is 0 Å². The second kappa shape index (κ2) is 3.85. The molecular formula is C8H5FN2OS2. The zero-order valence-corrected chi connectivity index (χ0v) is 8.49. The number of anilines is 1. The molecule has 3 nitrogen and oxygen atoms in total. The van der Waals surface area contributed by atoms with E-state index in [0.717, 1.165) is 11.3 Å². The number of hydrogen-bond donors (Lipinski definition) is 1. The highest BCUT2D eigenvalue weighted by Crippen LogP contribution is 2.18. The standard InChI is InChI=1S/C8H5FN2OS2/c9-5-1-3-13-6(5)7(12)11-8-10-2-4-14-8/h1-4H,(H,10,11,12). The first-order chi connectivity index (χ1) is 6.77. The summed E-state index contributed by atoms with van der Waals surface area (Å²) in [6.45, 7) is 0. The summed E-state index contributed by atoms with van der Waals surface area (Å²) in [4.78, 5) is 15.4. The number of thiophene rings is 1. The maximum absolute atomic E-state index is 13.0. The van der Waals surface area contributed by atoms with Crippen LogP contribution in [0, 0.1) is 5.82 Å². The Balaban J connectivity index is 2.14. The highest BCUT2D eigenvalue weighted by molar-refractivity contribution is 7.14. The lowest BCUT2D eigenvalue weighted by Gasteiger charge is -1.97. The van der Waals surface area contributed by atoms with E-state index in [1.165, 1.54) is 22.8 Å². The van der Waals surface area contributed by atoms with Gasteiger partial charge in [-0.2, -0.15) is 0 Å². The van der Waals surface area contributed by atoms with Gasteiger partial charge in [0.15, 0.2) is 5.13 Å². The average molecular weight is 228 g/mol. The van der Waals surface area contributed by atoms with Crippen molar-refractivity contribution in [3.63, 3.8) is 0 Å². The molecular weight excluding hydrogens is 223 g/mol. The molecule has 0 spiro atoms. The number of nitrogens with one attached hydrogen (secondary N) is 1. The number of nitrogens with zero attached hydrogens (tertiary/aromatic N) is 1. The van der Waals surface area contributed by atoms with Gasteiger partial charge in [-0.25, -0.2) is 9.37 Å². The van der Waals surface area contributed by atoms with Gasteiger partial charge in [0.05, 0.1) is 0 Å². The van der Waals surface area contributed by atoms with Crippen LogP contribution in [0.4, 0.5) is 9.52 Å². The van der Waals surface area contributed by atoms with Crippen molar-refractivity contribution in [3.8, 4) is 0 Å². The number of aromatic nitrogens is 1. The molecule has 0 unspecified atom stereocenters. The minimum absolute atomic E-state index is 0.0835. The summed E-state index contributed by atoms with van der Waals surface area (Å²) in [5.74, 6) is -0.948. The van der Waals surface area contributed by atoms with Gasteiger partial charge in [0.25, 0.3) is 5.91 Å². The molecule has 0 aromatic carbocycles. The van der Waals surface area contributed by atoms with Crippen molar-refractivity contribution in [2.24, 2.45) is 0 Å². The number of carbonyl (C=O) groups is 1. The maximum Gasteiger partial charge on any atom is 0.270 e. The zero-order chi connectivity index (χ0) is 9.97. The number of carbonyl (C=O) groups excluding carboxylic acids is 1. The van der Waals surface area contributed by atoms with Crippen LogP contribution in [-0.2, 0) is 0 Å². The first kappa shape index (κ1) is 9.29. The first-order valence-electron chi connectivity index (χ1n) is 3.71. The molecule has 6 heteroatoms. The highest BCUT2D eigenvalue weighted by atomic mass is 32.1. The van der Waals surface area contributed by atoms with Crippen molar-refractivity contribution < 1.29 is 9.18 Å². The van der Waals surface area contributed by atoms with Crippen molar-refractivity contribution >= 4 is 33.7 Å². The van der Waals surface area contributed by atoms with Crippen molar-refractivity contribution in [1.82, 2.24) is 4.98 Å². The minimum Gasteiger partial charge on any atom is -0.297 e. The summed E-state index contributed by atoms with van der Waals surface area (Å²) in [5, 5.41) is 6.25. The van der Waals surface area contributed by atoms with Crippen molar-refractivity contribution in [2.45, 2.75) is 0 Å². The molecule has 0 atom stereocenters. The Labute approximate surface area is 87.2 Å². The third kappa shape index (κ3) is 1.80. The largest absolute Gasteiger partial charge is 0.297 e. The van der Waals surface area contributed by atoms with Gasteiger partial charge in [-0.3, -0.25) is 10.1 Å². The fourth-order valence-corrected chi connectivity index (χ4v) is 2.08. The molecule has 2 aromatic rings. The van der Waals surface area contributed by atoms with E-state index in [1.807, 2.05) is 0 Å². The Morgan fingerprint density at radius 1 is 1.43 bits per heavy atom. The van der Waals surface area contributed by atoms with E-state index in [2.05, 4.69) is 10.3 Å². The van der Waals surface area contributed by atoms with Crippen LogP contribution >= 0.6 is 22.7 Å². The van der Waals surface area contributed by atoms with E-state index in [-0.39, 0.29) is 4.88 Å². The second-order valence-corrected chi connectivity index (χ2v) is 4.20. The molecule has 0 bridgehead atoms. The third-order valence-electron chi connectivity index (χ3n) is 1.48. The van der Waals surface area contributed by atoms with E-state index in [1.54, 1.807) is 11.6 Å². The Bertz CT molecular complexity index is 438. The van der Waals surface area contributed by atoms with Gasteiger partial charge >= 0.3 is 0 Å². The van der Waals surface area contributed by atoms with Crippen LogP contribution in [0.25, 0.3) is 0 Å². The molecule has 1 N–H and O–H groups in total. The quantitative estimate of drug-likeness (QED) is 0.858. The summed E-state index contributed by atoms with van der Waals surface area (Å²) in [6.07, 6.45) is 1.57. The molecule has 0 aliphatic carbocycles. The lowest BCUT2D eigenvalue weighted by atomic mass is 10.4. The summed E-state index contributed by atoms with van der Waals surface area (Å²) in [6, 6.07) is 1.27. The summed E-state index contributed by atoms with van der Waals surface area (Å²) in [7, 11) is 0. The summed E-state index contributed by atoms with van der Waals surface area (Å²) in [5.41, 5.74) is 0. The minimum atomic E-state index is -0.496. The summed E-state index contributed by atoms with van der Waals surface area (Å²) < 4.78 is 13.0. The van der Waals surface area contributed by atoms with Gasteiger partial charge in [-0.05, 0) is 11.4 Å². The molecule has 2 heterocycles. The van der Waals surface area contributed by atoms with Crippen molar-refractivity contribution in [3.05, 3.63) is 33.7 Å². The van der Waals surface area contributed by atoms with E-state index >= 15 is 0 Å². The van der Waals surface area contributed by atoms with Crippen LogP contribution in [0.5, 0.6) is 0 Å². The van der Waals surface area contributed by atoms with E-state index in [0.29, 0.717) is 5.13 Å². The van der Waals surface area contributed by atoms with Gasteiger partial charge in [0.1, 0.15) is 10.7 Å². The van der Waals surface area contributed by atoms with Crippen LogP contribution in [-0.4, -0.2) is 10.9 Å². The van der Waals surface area contributed by atoms with E-state index in [4.69, 9.17) is 0 Å². The Hall–Kier alpha value is -1.27. The molecule has 72 valence electrons. The summed E-state index contributed by atoms with van der Waals surface area (Å²) >= 11 is 2.36. The molecule has 0 aliphatic rings. The molecule has 2 aromatic heterocycles. The fraction of sp³-hybridized carbons (Fsp3) is 0. The maximum atomic E-state index is 13.0. The van der Waals surface area contributed by atoms with E-state index in [9.17, 15) is 9.18 Å². The zero-order valence-electron chi connectivity index (χ0n) is 6.86. The Morgan fingerprint density at radius 2 is 2.29 bits per heavy atom. The predicted octanol–water partition coefficient (Wildman–Crippen LogP) is 2.60. The monoisotopic (exact) mass is 228 g/mol. The average Bonchev–Trinajstić information content (AvgIpc) is 2.75. The predicted molar refractivity (Wildman–Crippen MR) is 54.3 cm³/mol. The molecule has 2 rings (SSSR count). The fourth-order valence-electron chi connectivity index (χ4n) is 0.895. The molecule has 0 saturated heterocycles. The van der Waals surface area contributed by atoms with Gasteiger partial charge in [-0.15, -0.1) is 22.7 Å². The third-order valence-corrected chi connectivity index (χ3v) is 3.05. The number of rotatable bonds is 2. The van der Waals surface area contributed by atoms with Crippen LogP contribution in [0.15, 0.2) is 23.0 Å². The molecule has 1 amide bonds. The lowest BCUT2D eigenvalue weighted by Crippen LogP contribution is -2.11. The van der Waals surface area contributed by atoms with Crippen molar-refractivity contribution in [1.29, 1.82) is 0 Å². The molecule has 0 fully saturated rings. The molecule has 0 radical (unpaired) electrons. The Kier molecular flexibility index (Phi) is 2.55. The number of hydrogen-bond acceptors (Lipinski definition) is 4. The first-order valence-corrected chi connectivity index (χ1v) is 5.47. The normalized spacial score (nSPS) is 10.1. The smallest absolute Gasteiger partial charge is 0.270 e. The van der Waals surface area contributed by atoms with Crippen molar-refractivity contribution in [2.75, 3.05) is 5.32 Å². The molecule has 0 aliphatic heterocycles. The van der Waals surface area contributed by atoms with Gasteiger partial charge in [-0.1, -0.05) is 0 Å². The number of thiazole rings is 1. The lowest BCUT2D eigenvalue weighted by molar-refractivity contribution is 0.102. The molecule has 0 saturated carbocycles. The van der Waals surface area contributed by atoms with Crippen LogP contribution in [0.2, 0.25) is 0 Å². The van der Waals surface area contributed by atoms with Crippen LogP contribution in [0.3, 0.4) is 0 Å². The number of amides is 1. The SMILES string of the molecule is O=C(Nc1nccs1)c1sccc1F. The van der Waals surface area contributed by atoms with Gasteiger partial charge in [0.2, 0.25) is 0 Å². The van der Waals surface area contributed by atoms with Gasteiger partial charge in [0, 0.05) is 11.6 Å². The molecule has 14 heavy (non-hydrogen) atoms. The van der Waals surface area contributed by atoms with Crippen LogP contribution < -0.4 is 5.32 Å². The number of halogens is 1. The Morgan fingerprint density at radius 3 is 2.86 bits per heavy atom. The van der Waals surface area contributed by atoms with E-state index < -0.39 is 11.7 Å². The highest BCUT2D eigenvalue weighted by Gasteiger charge is 2.13. The van der Waals surface area contributed by atoms with Crippen LogP contribution in [0.1, 0.15) is 9.67 Å². The second-order valence-electron chi connectivity index (χ2n) is 2.39. The topological polar surface area (TPSA) is 42.0 Å².